The number of hydrogen-bond donors (Lipinski definition) is 1. The Bertz CT molecular complexity index is 723. The average Bonchev–Trinajstić information content (AvgIpc) is 3.16. The first kappa shape index (κ1) is 16.6. The highest BCUT2D eigenvalue weighted by Crippen LogP contribution is 2.31. The quantitative estimate of drug-likeness (QED) is 0.907. The normalized spacial score (nSPS) is 21.5. The van der Waals surface area contributed by atoms with Gasteiger partial charge in [0.15, 0.2) is 0 Å². The Morgan fingerprint density at radius 3 is 2.67 bits per heavy atom. The lowest BCUT2D eigenvalue weighted by Crippen LogP contribution is -2.31. The molecule has 128 valence electrons. The summed E-state index contributed by atoms with van der Waals surface area (Å²) >= 11 is 0. The molecule has 1 aliphatic rings. The first-order valence-electron chi connectivity index (χ1n) is 8.26. The molecular weight excluding hydrogens is 306 g/mol. The van der Waals surface area contributed by atoms with Crippen LogP contribution in [0.3, 0.4) is 0 Å². The summed E-state index contributed by atoms with van der Waals surface area (Å²) in [4.78, 5) is 17.8. The van der Waals surface area contributed by atoms with Crippen molar-refractivity contribution in [1.82, 2.24) is 15.0 Å². The third-order valence-corrected chi connectivity index (χ3v) is 4.73. The lowest BCUT2D eigenvalue weighted by Gasteiger charge is -2.18. The molecular formula is C18H23N3O3. The number of carbonyl (C=O) groups is 1. The smallest absolute Gasteiger partial charge is 0.310 e. The third-order valence-electron chi connectivity index (χ3n) is 4.73. The van der Waals surface area contributed by atoms with Gasteiger partial charge in [0.05, 0.1) is 12.0 Å². The summed E-state index contributed by atoms with van der Waals surface area (Å²) in [5.41, 5.74) is 1.51. The fraction of sp³-hybridized carbons (Fsp3) is 0.500. The predicted molar refractivity (Wildman–Crippen MR) is 89.5 cm³/mol. The van der Waals surface area contributed by atoms with Gasteiger partial charge >= 0.3 is 5.97 Å². The zero-order valence-electron chi connectivity index (χ0n) is 14.3. The number of rotatable bonds is 5. The van der Waals surface area contributed by atoms with Crippen LogP contribution in [0.2, 0.25) is 0 Å². The molecule has 0 saturated carbocycles. The SMILES string of the molecule is CC(C)c1ccc(-c2noc(CN3CCC(C)(C(=O)O)C3)n2)cc1. The van der Waals surface area contributed by atoms with Crippen LogP contribution < -0.4 is 0 Å². The van der Waals surface area contributed by atoms with Gasteiger partial charge in [0.2, 0.25) is 11.7 Å². The monoisotopic (exact) mass is 329 g/mol. The minimum Gasteiger partial charge on any atom is -0.481 e. The number of hydrogen-bond acceptors (Lipinski definition) is 5. The van der Waals surface area contributed by atoms with Crippen LogP contribution in [-0.2, 0) is 11.3 Å². The van der Waals surface area contributed by atoms with Crippen molar-refractivity contribution < 1.29 is 14.4 Å². The van der Waals surface area contributed by atoms with E-state index in [0.717, 1.165) is 12.1 Å². The van der Waals surface area contributed by atoms with Crippen LogP contribution in [0.1, 0.15) is 44.6 Å². The Labute approximate surface area is 141 Å². The van der Waals surface area contributed by atoms with E-state index in [1.165, 1.54) is 5.56 Å². The van der Waals surface area contributed by atoms with Crippen LogP contribution in [-0.4, -0.2) is 39.2 Å². The van der Waals surface area contributed by atoms with E-state index < -0.39 is 11.4 Å². The minimum absolute atomic E-state index is 0.485. The minimum atomic E-state index is -0.749. The Hall–Kier alpha value is -2.21. The van der Waals surface area contributed by atoms with E-state index in [2.05, 4.69) is 36.1 Å². The van der Waals surface area contributed by atoms with E-state index in [0.29, 0.717) is 37.1 Å². The van der Waals surface area contributed by atoms with E-state index in [4.69, 9.17) is 4.52 Å². The number of nitrogens with zero attached hydrogens (tertiary/aromatic N) is 3. The van der Waals surface area contributed by atoms with Gasteiger partial charge in [0.1, 0.15) is 0 Å². The van der Waals surface area contributed by atoms with Crippen molar-refractivity contribution in [1.29, 1.82) is 0 Å². The molecule has 1 unspecified atom stereocenters. The second-order valence-electron chi connectivity index (χ2n) is 7.11. The van der Waals surface area contributed by atoms with Gasteiger partial charge in [0, 0.05) is 12.1 Å². The summed E-state index contributed by atoms with van der Waals surface area (Å²) in [6, 6.07) is 8.16. The molecule has 1 saturated heterocycles. The Morgan fingerprint density at radius 1 is 1.38 bits per heavy atom. The topological polar surface area (TPSA) is 79.5 Å². The summed E-state index contributed by atoms with van der Waals surface area (Å²) in [6.07, 6.45) is 0.639. The van der Waals surface area contributed by atoms with Crippen molar-refractivity contribution >= 4 is 5.97 Å². The van der Waals surface area contributed by atoms with Gasteiger partial charge in [-0.25, -0.2) is 0 Å². The molecule has 3 rings (SSSR count). The van der Waals surface area contributed by atoms with Crippen LogP contribution in [0.4, 0.5) is 0 Å². The standard InChI is InChI=1S/C18H23N3O3/c1-12(2)13-4-6-14(7-5-13)16-19-15(24-20-16)10-21-9-8-18(3,11-21)17(22)23/h4-7,12H,8-11H2,1-3H3,(H,22,23). The molecule has 0 radical (unpaired) electrons. The highest BCUT2D eigenvalue weighted by molar-refractivity contribution is 5.74. The molecule has 6 nitrogen and oxygen atoms in total. The number of carboxylic acids is 1. The van der Waals surface area contributed by atoms with Crippen molar-refractivity contribution in [2.75, 3.05) is 13.1 Å². The molecule has 1 atom stereocenters. The van der Waals surface area contributed by atoms with E-state index in [1.807, 2.05) is 17.0 Å². The Morgan fingerprint density at radius 2 is 2.08 bits per heavy atom. The number of carboxylic acid groups (broad SMARTS) is 1. The van der Waals surface area contributed by atoms with Crippen molar-refractivity contribution in [2.24, 2.45) is 5.41 Å². The van der Waals surface area contributed by atoms with E-state index >= 15 is 0 Å². The molecule has 1 N–H and O–H groups in total. The molecule has 1 aliphatic heterocycles. The maximum Gasteiger partial charge on any atom is 0.310 e. The number of aromatic nitrogens is 2. The molecule has 2 heterocycles. The molecule has 1 aromatic carbocycles. The largest absolute Gasteiger partial charge is 0.481 e. The van der Waals surface area contributed by atoms with Gasteiger partial charge in [0.25, 0.3) is 0 Å². The summed E-state index contributed by atoms with van der Waals surface area (Å²) < 4.78 is 5.34. The van der Waals surface area contributed by atoms with Crippen LogP contribution >= 0.6 is 0 Å². The van der Waals surface area contributed by atoms with Crippen LogP contribution in [0.25, 0.3) is 11.4 Å². The average molecular weight is 329 g/mol. The molecule has 24 heavy (non-hydrogen) atoms. The zero-order chi connectivity index (χ0) is 17.3. The predicted octanol–water partition coefficient (Wildman–Crippen LogP) is 3.16. The molecule has 0 spiro atoms. The molecule has 2 aromatic rings. The molecule has 0 bridgehead atoms. The fourth-order valence-electron chi connectivity index (χ4n) is 3.01. The zero-order valence-corrected chi connectivity index (χ0v) is 14.3. The fourth-order valence-corrected chi connectivity index (χ4v) is 3.01. The Balaban J connectivity index is 1.67. The maximum absolute atomic E-state index is 11.3. The number of aliphatic carboxylic acids is 1. The molecule has 6 heteroatoms. The van der Waals surface area contributed by atoms with Crippen molar-refractivity contribution in [3.63, 3.8) is 0 Å². The van der Waals surface area contributed by atoms with Crippen molar-refractivity contribution in [2.45, 2.75) is 39.7 Å². The Kier molecular flexibility index (Phi) is 4.41. The summed E-state index contributed by atoms with van der Waals surface area (Å²) in [5.74, 6) is 0.827. The van der Waals surface area contributed by atoms with Gasteiger partial charge in [-0.05, 0) is 31.4 Å². The molecule has 1 aromatic heterocycles. The van der Waals surface area contributed by atoms with Gasteiger partial charge < -0.3 is 9.63 Å². The summed E-state index contributed by atoms with van der Waals surface area (Å²) in [5, 5.41) is 13.3. The summed E-state index contributed by atoms with van der Waals surface area (Å²) in [7, 11) is 0. The van der Waals surface area contributed by atoms with Gasteiger partial charge in [-0.3, -0.25) is 9.69 Å². The van der Waals surface area contributed by atoms with Gasteiger partial charge in [-0.1, -0.05) is 43.3 Å². The highest BCUT2D eigenvalue weighted by Gasteiger charge is 2.40. The summed E-state index contributed by atoms with van der Waals surface area (Å²) in [6.45, 7) is 7.81. The third kappa shape index (κ3) is 3.33. The van der Waals surface area contributed by atoms with Crippen LogP contribution in [0.5, 0.6) is 0 Å². The van der Waals surface area contributed by atoms with E-state index in [9.17, 15) is 9.90 Å². The molecule has 0 amide bonds. The van der Waals surface area contributed by atoms with E-state index in [-0.39, 0.29) is 0 Å². The van der Waals surface area contributed by atoms with Crippen molar-refractivity contribution in [3.8, 4) is 11.4 Å². The second-order valence-corrected chi connectivity index (χ2v) is 7.11. The highest BCUT2D eigenvalue weighted by atomic mass is 16.5. The van der Waals surface area contributed by atoms with Crippen LogP contribution in [0.15, 0.2) is 28.8 Å². The van der Waals surface area contributed by atoms with Crippen LogP contribution in [0, 0.1) is 5.41 Å². The number of likely N-dealkylation sites (tertiary alicyclic amines) is 1. The van der Waals surface area contributed by atoms with E-state index in [1.54, 1.807) is 6.92 Å². The maximum atomic E-state index is 11.3. The molecule has 1 fully saturated rings. The van der Waals surface area contributed by atoms with Gasteiger partial charge in [-0.2, -0.15) is 4.98 Å². The second kappa shape index (κ2) is 6.36. The van der Waals surface area contributed by atoms with Crippen molar-refractivity contribution in [3.05, 3.63) is 35.7 Å². The molecule has 0 aliphatic carbocycles. The lowest BCUT2D eigenvalue weighted by atomic mass is 9.90. The first-order chi connectivity index (χ1) is 11.4. The van der Waals surface area contributed by atoms with Gasteiger partial charge in [-0.15, -0.1) is 0 Å². The lowest BCUT2D eigenvalue weighted by molar-refractivity contribution is -0.147. The number of benzene rings is 1. The first-order valence-corrected chi connectivity index (χ1v) is 8.26.